The molecule has 1 saturated heterocycles. The van der Waals surface area contributed by atoms with E-state index in [9.17, 15) is 19.1 Å². The summed E-state index contributed by atoms with van der Waals surface area (Å²) in [4.78, 5) is 35.0. The lowest BCUT2D eigenvalue weighted by molar-refractivity contribution is 0.0193. The first-order valence-corrected chi connectivity index (χ1v) is 17.1. The molecule has 2 aliphatic heterocycles. The SMILES string of the molecule is Cc1c(C(=O)N(c2ccc(O)cc2)c2cccc(F)c2)cc(-c2cc(Cl)ccc2C(=O)N2Cc3ccccc3C[C@H]2CN2CCOCC2)n1C.Cl. The Morgan fingerprint density at radius 1 is 0.902 bits per heavy atom. The third-order valence-electron chi connectivity index (χ3n) is 9.82. The molecule has 3 heterocycles. The van der Waals surface area contributed by atoms with Crippen LogP contribution < -0.4 is 4.90 Å². The molecule has 1 fully saturated rings. The number of aromatic hydroxyl groups is 1. The number of carbonyl (C=O) groups excluding carboxylic acids is 2. The van der Waals surface area contributed by atoms with Crippen molar-refractivity contribution in [1.29, 1.82) is 0 Å². The molecule has 264 valence electrons. The average Bonchev–Trinajstić information content (AvgIpc) is 3.42. The summed E-state index contributed by atoms with van der Waals surface area (Å²) in [5.41, 5.74) is 5.94. The highest BCUT2D eigenvalue weighted by Gasteiger charge is 2.34. The van der Waals surface area contributed by atoms with Gasteiger partial charge in [0.15, 0.2) is 0 Å². The van der Waals surface area contributed by atoms with Crippen LogP contribution in [0.25, 0.3) is 11.3 Å². The summed E-state index contributed by atoms with van der Waals surface area (Å²) >= 11 is 6.60. The Morgan fingerprint density at radius 2 is 1.63 bits per heavy atom. The second kappa shape index (κ2) is 15.3. The lowest BCUT2D eigenvalue weighted by Gasteiger charge is -2.40. The number of nitrogens with zero attached hydrogens (tertiary/aromatic N) is 4. The number of benzene rings is 4. The third kappa shape index (κ3) is 7.39. The Morgan fingerprint density at radius 3 is 2.35 bits per heavy atom. The number of amides is 2. The minimum absolute atomic E-state index is 0. The number of anilines is 2. The van der Waals surface area contributed by atoms with Gasteiger partial charge < -0.3 is 19.3 Å². The van der Waals surface area contributed by atoms with E-state index in [1.165, 1.54) is 34.7 Å². The molecule has 2 aliphatic rings. The largest absolute Gasteiger partial charge is 0.508 e. The Labute approximate surface area is 308 Å². The first kappa shape index (κ1) is 36.1. The zero-order valence-corrected chi connectivity index (χ0v) is 30.0. The van der Waals surface area contributed by atoms with Crippen LogP contribution in [0.5, 0.6) is 5.75 Å². The normalized spacial score (nSPS) is 15.9. The fourth-order valence-electron chi connectivity index (χ4n) is 7.03. The minimum Gasteiger partial charge on any atom is -0.508 e. The van der Waals surface area contributed by atoms with Gasteiger partial charge in [0, 0.05) is 72.5 Å². The molecule has 1 atom stereocenters. The molecule has 51 heavy (non-hydrogen) atoms. The Hall–Kier alpha value is -4.67. The molecule has 2 amide bonds. The summed E-state index contributed by atoms with van der Waals surface area (Å²) in [5, 5.41) is 10.4. The lowest BCUT2D eigenvalue weighted by Crippen LogP contribution is -2.52. The summed E-state index contributed by atoms with van der Waals surface area (Å²) < 4.78 is 21.9. The Kier molecular flexibility index (Phi) is 10.8. The van der Waals surface area contributed by atoms with E-state index in [2.05, 4.69) is 17.0 Å². The molecule has 5 aromatic rings. The molecule has 0 saturated carbocycles. The molecule has 0 bridgehead atoms. The standard InChI is InChI=1S/C40H38ClFN4O4.ClH/c1-26-36(40(49)46(31-11-13-34(47)14-12-31)32-9-5-8-30(42)22-32)23-38(43(26)2)37-21-29(41)10-15-35(37)39(48)45-24-28-7-4-3-6-27(28)20-33(45)25-44-16-18-50-19-17-44;/h3-15,21-23,33,47H,16-20,24-25H2,1-2H3;1H/t33-;/m0./s1. The number of hydrogen-bond donors (Lipinski definition) is 1. The molecule has 4 aromatic carbocycles. The molecule has 0 aliphatic carbocycles. The van der Waals surface area contributed by atoms with Crippen molar-refractivity contribution in [2.24, 2.45) is 7.05 Å². The number of carbonyl (C=O) groups is 2. The van der Waals surface area contributed by atoms with Crippen LogP contribution >= 0.6 is 24.0 Å². The van der Waals surface area contributed by atoms with Crippen molar-refractivity contribution < 1.29 is 23.8 Å². The van der Waals surface area contributed by atoms with E-state index in [0.717, 1.165) is 31.6 Å². The van der Waals surface area contributed by atoms with Gasteiger partial charge in [-0.15, -0.1) is 12.4 Å². The van der Waals surface area contributed by atoms with Crippen molar-refractivity contribution in [3.05, 3.63) is 136 Å². The van der Waals surface area contributed by atoms with E-state index in [1.807, 2.05) is 35.6 Å². The van der Waals surface area contributed by atoms with Crippen LogP contribution in [0, 0.1) is 12.7 Å². The van der Waals surface area contributed by atoms with Crippen molar-refractivity contribution in [2.45, 2.75) is 25.9 Å². The summed E-state index contributed by atoms with van der Waals surface area (Å²) in [6.07, 6.45) is 0.747. The molecule has 11 heteroatoms. The molecule has 0 unspecified atom stereocenters. The quantitative estimate of drug-likeness (QED) is 0.185. The monoisotopic (exact) mass is 728 g/mol. The number of phenolic OH excluding ortho intramolecular Hbond substituents is 1. The molecule has 8 nitrogen and oxygen atoms in total. The van der Waals surface area contributed by atoms with Gasteiger partial charge in [-0.25, -0.2) is 4.39 Å². The maximum Gasteiger partial charge on any atom is 0.264 e. The summed E-state index contributed by atoms with van der Waals surface area (Å²) in [6.45, 7) is 6.05. The van der Waals surface area contributed by atoms with Crippen molar-refractivity contribution in [3.8, 4) is 17.0 Å². The van der Waals surface area contributed by atoms with Gasteiger partial charge in [-0.2, -0.15) is 0 Å². The number of rotatable bonds is 7. The second-order valence-corrected chi connectivity index (χ2v) is 13.3. The summed E-state index contributed by atoms with van der Waals surface area (Å²) in [6, 6.07) is 27.3. The second-order valence-electron chi connectivity index (χ2n) is 12.9. The van der Waals surface area contributed by atoms with Crippen molar-refractivity contribution in [3.63, 3.8) is 0 Å². The number of aromatic nitrogens is 1. The third-order valence-corrected chi connectivity index (χ3v) is 10.1. The van der Waals surface area contributed by atoms with E-state index in [1.54, 1.807) is 48.5 Å². The number of hydrogen-bond acceptors (Lipinski definition) is 5. The van der Waals surface area contributed by atoms with Gasteiger partial charge in [-0.3, -0.25) is 19.4 Å². The highest BCUT2D eigenvalue weighted by atomic mass is 35.5. The highest BCUT2D eigenvalue weighted by molar-refractivity contribution is 6.31. The number of halogens is 3. The van der Waals surface area contributed by atoms with Gasteiger partial charge in [-0.05, 0) is 91.2 Å². The zero-order chi connectivity index (χ0) is 34.9. The number of fused-ring (bicyclic) bond motifs is 1. The van der Waals surface area contributed by atoms with Crippen LogP contribution in [0.3, 0.4) is 0 Å². The highest BCUT2D eigenvalue weighted by Crippen LogP contribution is 2.36. The first-order chi connectivity index (χ1) is 24.2. The Balaban J connectivity index is 0.00000448. The van der Waals surface area contributed by atoms with Gasteiger partial charge in [0.05, 0.1) is 24.5 Å². The van der Waals surface area contributed by atoms with Gasteiger partial charge in [0.1, 0.15) is 11.6 Å². The molecular weight excluding hydrogens is 690 g/mol. The van der Waals surface area contributed by atoms with Gasteiger partial charge in [0.2, 0.25) is 0 Å². The van der Waals surface area contributed by atoms with Gasteiger partial charge in [0.25, 0.3) is 11.8 Å². The van der Waals surface area contributed by atoms with Crippen molar-refractivity contribution in [2.75, 3.05) is 37.7 Å². The molecule has 1 N–H and O–H groups in total. The van der Waals surface area contributed by atoms with Crippen LogP contribution in [0.4, 0.5) is 15.8 Å². The maximum atomic E-state index is 14.7. The van der Waals surface area contributed by atoms with Gasteiger partial charge >= 0.3 is 0 Å². The molecule has 7 rings (SSSR count). The fraction of sp³-hybridized carbons (Fsp3) is 0.250. The fourth-order valence-corrected chi connectivity index (χ4v) is 7.21. The summed E-state index contributed by atoms with van der Waals surface area (Å²) in [7, 11) is 1.85. The van der Waals surface area contributed by atoms with E-state index >= 15 is 0 Å². The number of morpholine rings is 1. The van der Waals surface area contributed by atoms with E-state index in [-0.39, 0.29) is 30.1 Å². The molecule has 0 radical (unpaired) electrons. The van der Waals surface area contributed by atoms with Crippen LogP contribution in [0.2, 0.25) is 5.02 Å². The number of ether oxygens (including phenoxy) is 1. The Bertz CT molecular complexity index is 2060. The van der Waals surface area contributed by atoms with Crippen LogP contribution in [0.1, 0.15) is 37.5 Å². The lowest BCUT2D eigenvalue weighted by atomic mass is 9.92. The average molecular weight is 730 g/mol. The van der Waals surface area contributed by atoms with Crippen molar-refractivity contribution in [1.82, 2.24) is 14.4 Å². The van der Waals surface area contributed by atoms with Gasteiger partial charge in [-0.1, -0.05) is 41.9 Å². The van der Waals surface area contributed by atoms with Crippen molar-refractivity contribution >= 4 is 47.2 Å². The topological polar surface area (TPSA) is 78.2 Å². The predicted molar refractivity (Wildman–Crippen MR) is 200 cm³/mol. The predicted octanol–water partition coefficient (Wildman–Crippen LogP) is 7.80. The van der Waals surface area contributed by atoms with Crippen LogP contribution in [-0.2, 0) is 24.8 Å². The first-order valence-electron chi connectivity index (χ1n) is 16.7. The number of phenols is 1. The van der Waals surface area contributed by atoms with Crippen LogP contribution in [0.15, 0.2) is 97.1 Å². The maximum absolute atomic E-state index is 14.7. The smallest absolute Gasteiger partial charge is 0.264 e. The molecule has 0 spiro atoms. The molecule has 1 aromatic heterocycles. The zero-order valence-electron chi connectivity index (χ0n) is 28.4. The van der Waals surface area contributed by atoms with E-state index < -0.39 is 11.7 Å². The van der Waals surface area contributed by atoms with Crippen LogP contribution in [-0.4, -0.2) is 70.2 Å². The minimum atomic E-state index is -0.487. The summed E-state index contributed by atoms with van der Waals surface area (Å²) in [5.74, 6) is -0.949. The van der Waals surface area contributed by atoms with E-state index in [0.29, 0.717) is 64.2 Å². The van der Waals surface area contributed by atoms with E-state index in [4.69, 9.17) is 16.3 Å². The molecular formula is C40H39Cl2FN4O4.